The zero-order valence-electron chi connectivity index (χ0n) is 12.9. The number of amides is 1. The maximum Gasteiger partial charge on any atom is 0.273 e. The second-order valence-electron chi connectivity index (χ2n) is 5.98. The van der Waals surface area contributed by atoms with Crippen LogP contribution in [-0.4, -0.2) is 33.5 Å². The summed E-state index contributed by atoms with van der Waals surface area (Å²) in [4.78, 5) is 12.2. The molecule has 116 valence electrons. The molecule has 0 radical (unpaired) electrons. The smallest absolute Gasteiger partial charge is 0.273 e. The normalized spacial score (nSPS) is 15.6. The Morgan fingerprint density at radius 2 is 2.05 bits per heavy atom. The first kappa shape index (κ1) is 14.7. The molecular weight excluding hydrogens is 278 g/mol. The topological polar surface area (TPSA) is 85.8 Å². The number of rotatable bonds is 5. The van der Waals surface area contributed by atoms with E-state index >= 15 is 0 Å². The van der Waals surface area contributed by atoms with Crippen molar-refractivity contribution in [1.82, 2.24) is 20.3 Å². The van der Waals surface area contributed by atoms with Crippen molar-refractivity contribution in [1.29, 1.82) is 0 Å². The second kappa shape index (κ2) is 5.88. The number of nitrogens with two attached hydrogens (primary N) is 1. The van der Waals surface area contributed by atoms with Crippen molar-refractivity contribution >= 4 is 5.91 Å². The molecule has 1 amide bonds. The molecule has 1 fully saturated rings. The molecule has 1 saturated carbocycles. The summed E-state index contributed by atoms with van der Waals surface area (Å²) in [5.74, 6) is 0.344. The molecule has 0 bridgehead atoms. The Labute approximate surface area is 129 Å². The average molecular weight is 299 g/mol. The Bertz CT molecular complexity index is 672. The number of benzene rings is 1. The zero-order chi connectivity index (χ0) is 15.7. The van der Waals surface area contributed by atoms with Gasteiger partial charge < -0.3 is 11.1 Å². The first-order valence-electron chi connectivity index (χ1n) is 7.59. The van der Waals surface area contributed by atoms with E-state index in [9.17, 15) is 4.79 Å². The average Bonchev–Trinajstić information content (AvgIpc) is 3.29. The zero-order valence-corrected chi connectivity index (χ0v) is 12.9. The molecule has 0 aliphatic heterocycles. The van der Waals surface area contributed by atoms with Crippen LogP contribution in [0.15, 0.2) is 24.3 Å². The van der Waals surface area contributed by atoms with Gasteiger partial charge >= 0.3 is 0 Å². The molecule has 22 heavy (non-hydrogen) atoms. The van der Waals surface area contributed by atoms with Crippen molar-refractivity contribution < 1.29 is 4.79 Å². The summed E-state index contributed by atoms with van der Waals surface area (Å²) in [5, 5.41) is 11.0. The number of carbonyl (C=O) groups excluding carboxylic acids is 1. The summed E-state index contributed by atoms with van der Waals surface area (Å²) in [5.41, 5.74) is 9.14. The van der Waals surface area contributed by atoms with Crippen LogP contribution in [0, 0.1) is 19.8 Å². The van der Waals surface area contributed by atoms with Crippen molar-refractivity contribution in [2.24, 2.45) is 11.7 Å². The minimum Gasteiger partial charge on any atom is -0.349 e. The third-order valence-electron chi connectivity index (χ3n) is 4.11. The van der Waals surface area contributed by atoms with Crippen LogP contribution in [0.3, 0.4) is 0 Å². The summed E-state index contributed by atoms with van der Waals surface area (Å²) in [6.45, 7) is 4.36. The predicted octanol–water partition coefficient (Wildman–Crippen LogP) is 1.35. The highest BCUT2D eigenvalue weighted by Crippen LogP contribution is 2.31. The molecule has 6 nitrogen and oxygen atoms in total. The van der Waals surface area contributed by atoms with Crippen LogP contribution < -0.4 is 11.1 Å². The molecule has 1 heterocycles. The van der Waals surface area contributed by atoms with Crippen molar-refractivity contribution in [2.75, 3.05) is 6.54 Å². The maximum absolute atomic E-state index is 12.2. The van der Waals surface area contributed by atoms with E-state index in [2.05, 4.69) is 15.6 Å². The highest BCUT2D eigenvalue weighted by molar-refractivity contribution is 5.93. The van der Waals surface area contributed by atoms with Gasteiger partial charge in [0.1, 0.15) is 0 Å². The van der Waals surface area contributed by atoms with E-state index in [4.69, 9.17) is 5.73 Å². The predicted molar refractivity (Wildman–Crippen MR) is 83.9 cm³/mol. The molecule has 0 saturated heterocycles. The molecule has 3 rings (SSSR count). The highest BCUT2D eigenvalue weighted by atomic mass is 16.2. The lowest BCUT2D eigenvalue weighted by Gasteiger charge is -2.10. The largest absolute Gasteiger partial charge is 0.349 e. The second-order valence-corrected chi connectivity index (χ2v) is 5.98. The van der Waals surface area contributed by atoms with Gasteiger partial charge in [0, 0.05) is 12.6 Å². The van der Waals surface area contributed by atoms with Crippen LogP contribution in [0.1, 0.15) is 34.6 Å². The van der Waals surface area contributed by atoms with Gasteiger partial charge in [0.05, 0.1) is 11.4 Å². The van der Waals surface area contributed by atoms with E-state index in [-0.39, 0.29) is 11.9 Å². The summed E-state index contributed by atoms with van der Waals surface area (Å²) in [7, 11) is 0. The van der Waals surface area contributed by atoms with E-state index in [0.717, 1.165) is 11.4 Å². The van der Waals surface area contributed by atoms with Gasteiger partial charge in [-0.05, 0) is 44.7 Å². The molecule has 6 heteroatoms. The van der Waals surface area contributed by atoms with Gasteiger partial charge in [0.15, 0.2) is 5.69 Å². The van der Waals surface area contributed by atoms with Crippen LogP contribution in [0.25, 0.3) is 5.69 Å². The van der Waals surface area contributed by atoms with Crippen LogP contribution >= 0.6 is 0 Å². The number of nitrogens with one attached hydrogen (secondary N) is 1. The maximum atomic E-state index is 12.2. The van der Waals surface area contributed by atoms with Gasteiger partial charge in [-0.3, -0.25) is 4.79 Å². The summed E-state index contributed by atoms with van der Waals surface area (Å²) in [6, 6.07) is 7.97. The molecule has 2 aromatic rings. The van der Waals surface area contributed by atoms with Gasteiger partial charge in [0.25, 0.3) is 5.91 Å². The van der Waals surface area contributed by atoms with E-state index in [1.54, 1.807) is 4.68 Å². The summed E-state index contributed by atoms with van der Waals surface area (Å²) < 4.78 is 1.68. The number of hydrogen-bond donors (Lipinski definition) is 2. The summed E-state index contributed by atoms with van der Waals surface area (Å²) in [6.07, 6.45) is 2.33. The molecule has 3 N–H and O–H groups in total. The first-order chi connectivity index (χ1) is 10.6. The lowest BCUT2D eigenvalue weighted by atomic mass is 10.2. The standard InChI is InChI=1S/C16H21N5O/c1-10-3-7-13(8-4-10)21-11(2)15(19-20-21)16(22)18-9-14(17)12-5-6-12/h3-4,7-8,12,14H,5-6,9,17H2,1-2H3,(H,18,22). The molecule has 1 unspecified atom stereocenters. The molecule has 1 aromatic heterocycles. The van der Waals surface area contributed by atoms with Crippen LogP contribution in [0.5, 0.6) is 0 Å². The number of aryl methyl sites for hydroxylation is 1. The van der Waals surface area contributed by atoms with Crippen LogP contribution in [0.2, 0.25) is 0 Å². The number of nitrogens with zero attached hydrogens (tertiary/aromatic N) is 3. The Hall–Kier alpha value is -2.21. The van der Waals surface area contributed by atoms with E-state index in [1.807, 2.05) is 38.1 Å². The monoisotopic (exact) mass is 299 g/mol. The van der Waals surface area contributed by atoms with Gasteiger partial charge in [-0.15, -0.1) is 5.10 Å². The number of carbonyl (C=O) groups is 1. The van der Waals surface area contributed by atoms with Gasteiger partial charge in [0.2, 0.25) is 0 Å². The highest BCUT2D eigenvalue weighted by Gasteiger charge is 2.29. The fourth-order valence-electron chi connectivity index (χ4n) is 2.46. The van der Waals surface area contributed by atoms with Crippen molar-refractivity contribution in [2.45, 2.75) is 32.7 Å². The molecule has 1 aliphatic rings. The van der Waals surface area contributed by atoms with E-state index in [1.165, 1.54) is 18.4 Å². The Morgan fingerprint density at radius 1 is 1.36 bits per heavy atom. The van der Waals surface area contributed by atoms with Crippen molar-refractivity contribution in [3.63, 3.8) is 0 Å². The third-order valence-corrected chi connectivity index (χ3v) is 4.11. The third kappa shape index (κ3) is 3.01. The fraction of sp³-hybridized carbons (Fsp3) is 0.438. The van der Waals surface area contributed by atoms with E-state index < -0.39 is 0 Å². The Morgan fingerprint density at radius 3 is 2.68 bits per heavy atom. The van der Waals surface area contributed by atoms with Crippen molar-refractivity contribution in [3.05, 3.63) is 41.2 Å². The molecular formula is C16H21N5O. The minimum absolute atomic E-state index is 0.0383. The van der Waals surface area contributed by atoms with Crippen LogP contribution in [0.4, 0.5) is 0 Å². The quantitative estimate of drug-likeness (QED) is 0.872. The lowest BCUT2D eigenvalue weighted by molar-refractivity contribution is 0.0944. The van der Waals surface area contributed by atoms with Crippen molar-refractivity contribution in [3.8, 4) is 5.69 Å². The number of aromatic nitrogens is 3. The van der Waals surface area contributed by atoms with Gasteiger partial charge in [-0.1, -0.05) is 22.9 Å². The molecule has 0 spiro atoms. The molecule has 1 atom stereocenters. The minimum atomic E-state index is -0.216. The molecule has 1 aliphatic carbocycles. The molecule has 1 aromatic carbocycles. The fourth-order valence-corrected chi connectivity index (χ4v) is 2.46. The SMILES string of the molecule is Cc1ccc(-n2nnc(C(=O)NCC(N)C3CC3)c2C)cc1. The number of hydrogen-bond acceptors (Lipinski definition) is 4. The first-order valence-corrected chi connectivity index (χ1v) is 7.59. The Kier molecular flexibility index (Phi) is 3.94. The van der Waals surface area contributed by atoms with Crippen LogP contribution in [-0.2, 0) is 0 Å². The van der Waals surface area contributed by atoms with E-state index in [0.29, 0.717) is 18.2 Å². The lowest BCUT2D eigenvalue weighted by Crippen LogP contribution is -2.38. The summed E-state index contributed by atoms with van der Waals surface area (Å²) >= 11 is 0. The van der Waals surface area contributed by atoms with Gasteiger partial charge in [-0.25, -0.2) is 4.68 Å². The van der Waals surface area contributed by atoms with Gasteiger partial charge in [-0.2, -0.15) is 0 Å². The Balaban J connectivity index is 1.71.